The maximum atomic E-state index is 12.6. The maximum absolute atomic E-state index is 12.6. The molecular formula is C12H20ClNO2S2. The number of nitrogens with zero attached hydrogens (tertiary/aromatic N) is 1. The Bertz CT molecular complexity index is 482. The first-order valence-electron chi connectivity index (χ1n) is 6.12. The zero-order valence-electron chi connectivity index (χ0n) is 11.1. The van der Waals surface area contributed by atoms with Gasteiger partial charge < -0.3 is 0 Å². The zero-order valence-corrected chi connectivity index (χ0v) is 13.5. The number of thiophene rings is 1. The molecule has 0 aromatic carbocycles. The Balaban J connectivity index is 3.14. The van der Waals surface area contributed by atoms with E-state index in [1.54, 1.807) is 4.31 Å². The normalized spacial score (nSPS) is 12.3. The van der Waals surface area contributed by atoms with Gasteiger partial charge in [-0.3, -0.25) is 0 Å². The number of alkyl halides is 1. The highest BCUT2D eigenvalue weighted by molar-refractivity contribution is 7.89. The maximum Gasteiger partial charge on any atom is 0.244 e. The van der Waals surface area contributed by atoms with Crippen LogP contribution in [0.1, 0.15) is 37.1 Å². The summed E-state index contributed by atoms with van der Waals surface area (Å²) >= 11 is 7.25. The molecule has 0 spiro atoms. The molecule has 0 atom stereocenters. The van der Waals surface area contributed by atoms with E-state index in [1.807, 2.05) is 19.2 Å². The minimum atomic E-state index is -3.39. The van der Waals surface area contributed by atoms with E-state index in [1.165, 1.54) is 11.3 Å². The highest BCUT2D eigenvalue weighted by Crippen LogP contribution is 2.30. The van der Waals surface area contributed by atoms with E-state index in [2.05, 4.69) is 6.92 Å². The van der Waals surface area contributed by atoms with Crippen LogP contribution < -0.4 is 0 Å². The third kappa shape index (κ3) is 3.26. The van der Waals surface area contributed by atoms with E-state index >= 15 is 0 Å². The molecule has 0 radical (unpaired) electrons. The lowest BCUT2D eigenvalue weighted by atomic mass is 10.3. The van der Waals surface area contributed by atoms with Gasteiger partial charge in [0.15, 0.2) is 0 Å². The van der Waals surface area contributed by atoms with E-state index in [0.717, 1.165) is 23.3 Å². The Labute approximate surface area is 119 Å². The molecule has 0 saturated carbocycles. The van der Waals surface area contributed by atoms with Gasteiger partial charge in [0, 0.05) is 18.0 Å². The minimum Gasteiger partial charge on any atom is -0.207 e. The second-order valence-electron chi connectivity index (χ2n) is 4.15. The number of rotatable bonds is 7. The summed E-state index contributed by atoms with van der Waals surface area (Å²) in [4.78, 5) is 1.16. The predicted octanol–water partition coefficient (Wildman–Crippen LogP) is 3.61. The van der Waals surface area contributed by atoms with E-state index in [0.29, 0.717) is 18.0 Å². The molecule has 1 rings (SSSR count). The highest BCUT2D eigenvalue weighted by atomic mass is 35.5. The average molecular weight is 310 g/mol. The molecule has 0 bridgehead atoms. The second-order valence-corrected chi connectivity index (χ2v) is 7.26. The van der Waals surface area contributed by atoms with Crippen molar-refractivity contribution in [3.63, 3.8) is 0 Å². The van der Waals surface area contributed by atoms with Gasteiger partial charge in [0.25, 0.3) is 0 Å². The standard InChI is InChI=1S/C12H20ClNO2S2/c1-4-6-7-14(5-2)18(15,16)12-10(3)9-17-11(12)8-13/h9H,4-8H2,1-3H3. The molecule has 0 saturated heterocycles. The van der Waals surface area contributed by atoms with Crippen molar-refractivity contribution in [2.45, 2.75) is 44.4 Å². The van der Waals surface area contributed by atoms with Gasteiger partial charge in [0.05, 0.1) is 5.88 Å². The Morgan fingerprint density at radius 1 is 1.39 bits per heavy atom. The molecule has 0 aliphatic rings. The molecule has 0 fully saturated rings. The highest BCUT2D eigenvalue weighted by Gasteiger charge is 2.28. The van der Waals surface area contributed by atoms with Crippen LogP contribution in [0.15, 0.2) is 10.3 Å². The predicted molar refractivity (Wildman–Crippen MR) is 78.0 cm³/mol. The Morgan fingerprint density at radius 3 is 2.56 bits per heavy atom. The van der Waals surface area contributed by atoms with Crippen LogP contribution >= 0.6 is 22.9 Å². The fourth-order valence-corrected chi connectivity index (χ4v) is 5.34. The van der Waals surface area contributed by atoms with Gasteiger partial charge in [-0.15, -0.1) is 22.9 Å². The lowest BCUT2D eigenvalue weighted by molar-refractivity contribution is 0.418. The van der Waals surface area contributed by atoms with Crippen molar-refractivity contribution >= 4 is 33.0 Å². The van der Waals surface area contributed by atoms with Crippen LogP contribution in [0.3, 0.4) is 0 Å². The molecule has 1 aromatic rings. The second kappa shape index (κ2) is 6.89. The molecule has 3 nitrogen and oxygen atoms in total. The number of halogens is 1. The third-order valence-electron chi connectivity index (χ3n) is 2.82. The summed E-state index contributed by atoms with van der Waals surface area (Å²) in [6, 6.07) is 0. The van der Waals surface area contributed by atoms with Gasteiger partial charge in [0.1, 0.15) is 4.90 Å². The smallest absolute Gasteiger partial charge is 0.207 e. The summed E-state index contributed by atoms with van der Waals surface area (Å²) in [7, 11) is -3.39. The number of sulfonamides is 1. The first kappa shape index (κ1) is 16.0. The Hall–Kier alpha value is -0.100. The van der Waals surface area contributed by atoms with Crippen LogP contribution in [0, 0.1) is 6.92 Å². The van der Waals surface area contributed by atoms with Crippen LogP contribution in [0.25, 0.3) is 0 Å². The molecule has 1 heterocycles. The largest absolute Gasteiger partial charge is 0.244 e. The number of unbranched alkanes of at least 4 members (excludes halogenated alkanes) is 1. The van der Waals surface area contributed by atoms with Crippen LogP contribution in [0.4, 0.5) is 0 Å². The number of hydrogen-bond donors (Lipinski definition) is 0. The summed E-state index contributed by atoms with van der Waals surface area (Å²) in [5, 5.41) is 1.86. The first-order chi connectivity index (χ1) is 8.48. The number of hydrogen-bond acceptors (Lipinski definition) is 3. The van der Waals surface area contributed by atoms with Gasteiger partial charge in [-0.05, 0) is 24.3 Å². The molecule has 18 heavy (non-hydrogen) atoms. The van der Waals surface area contributed by atoms with Crippen molar-refractivity contribution in [2.75, 3.05) is 13.1 Å². The quantitative estimate of drug-likeness (QED) is 0.722. The first-order valence-corrected chi connectivity index (χ1v) is 8.97. The van der Waals surface area contributed by atoms with Gasteiger partial charge in [-0.2, -0.15) is 4.31 Å². The Morgan fingerprint density at radius 2 is 2.06 bits per heavy atom. The van der Waals surface area contributed by atoms with Crippen molar-refractivity contribution in [1.29, 1.82) is 0 Å². The van der Waals surface area contributed by atoms with Gasteiger partial charge >= 0.3 is 0 Å². The van der Waals surface area contributed by atoms with Crippen LogP contribution in [-0.4, -0.2) is 25.8 Å². The van der Waals surface area contributed by atoms with E-state index in [4.69, 9.17) is 11.6 Å². The van der Waals surface area contributed by atoms with Crippen LogP contribution in [-0.2, 0) is 15.9 Å². The van der Waals surface area contributed by atoms with Gasteiger partial charge in [0.2, 0.25) is 10.0 Å². The van der Waals surface area contributed by atoms with Crippen LogP contribution in [0.2, 0.25) is 0 Å². The summed E-state index contributed by atoms with van der Waals surface area (Å²) < 4.78 is 26.8. The molecule has 0 unspecified atom stereocenters. The minimum absolute atomic E-state index is 0.248. The lowest BCUT2D eigenvalue weighted by Crippen LogP contribution is -2.32. The van der Waals surface area contributed by atoms with Crippen molar-refractivity contribution in [2.24, 2.45) is 0 Å². The summed E-state index contributed by atoms with van der Waals surface area (Å²) in [6.45, 7) is 6.83. The monoisotopic (exact) mass is 309 g/mol. The van der Waals surface area contributed by atoms with E-state index in [9.17, 15) is 8.42 Å². The molecule has 0 N–H and O–H groups in total. The zero-order chi connectivity index (χ0) is 13.8. The fourth-order valence-electron chi connectivity index (χ4n) is 1.84. The van der Waals surface area contributed by atoms with Crippen molar-refractivity contribution in [3.05, 3.63) is 15.8 Å². The fraction of sp³-hybridized carbons (Fsp3) is 0.667. The van der Waals surface area contributed by atoms with Gasteiger partial charge in [-0.25, -0.2) is 8.42 Å². The summed E-state index contributed by atoms with van der Waals surface area (Å²) in [5.74, 6) is 0.248. The van der Waals surface area contributed by atoms with Crippen molar-refractivity contribution in [1.82, 2.24) is 4.31 Å². The third-order valence-corrected chi connectivity index (χ3v) is 6.69. The van der Waals surface area contributed by atoms with Crippen LogP contribution in [0.5, 0.6) is 0 Å². The Kier molecular flexibility index (Phi) is 6.11. The summed E-state index contributed by atoms with van der Waals surface area (Å²) in [6.07, 6.45) is 1.86. The molecule has 0 aliphatic heterocycles. The topological polar surface area (TPSA) is 37.4 Å². The molecule has 0 amide bonds. The van der Waals surface area contributed by atoms with E-state index < -0.39 is 10.0 Å². The van der Waals surface area contributed by atoms with Crippen molar-refractivity contribution < 1.29 is 8.42 Å². The van der Waals surface area contributed by atoms with Crippen molar-refractivity contribution in [3.8, 4) is 0 Å². The van der Waals surface area contributed by atoms with E-state index in [-0.39, 0.29) is 5.88 Å². The molecular weight excluding hydrogens is 290 g/mol. The van der Waals surface area contributed by atoms with Gasteiger partial charge in [-0.1, -0.05) is 20.3 Å². The molecule has 6 heteroatoms. The average Bonchev–Trinajstić information content (AvgIpc) is 2.71. The molecule has 104 valence electrons. The molecule has 0 aliphatic carbocycles. The lowest BCUT2D eigenvalue weighted by Gasteiger charge is -2.21. The SMILES string of the molecule is CCCCN(CC)S(=O)(=O)c1c(C)csc1CCl. The number of aryl methyl sites for hydroxylation is 1. The molecule has 1 aromatic heterocycles. The summed E-state index contributed by atoms with van der Waals surface area (Å²) in [5.41, 5.74) is 0.797.